The predicted molar refractivity (Wildman–Crippen MR) is 78.7 cm³/mol. The highest BCUT2D eigenvalue weighted by Crippen LogP contribution is 2.20. The van der Waals surface area contributed by atoms with Gasteiger partial charge in [0.15, 0.2) is 0 Å². The molecule has 2 N–H and O–H groups in total. The van der Waals surface area contributed by atoms with Crippen LogP contribution >= 0.6 is 11.6 Å². The van der Waals surface area contributed by atoms with Gasteiger partial charge in [-0.2, -0.15) is 5.26 Å². The zero-order chi connectivity index (χ0) is 14.5. The summed E-state index contributed by atoms with van der Waals surface area (Å²) in [4.78, 5) is 14.1. The molecular weight excluding hydrogens is 276 g/mol. The molecule has 2 rings (SSSR count). The lowest BCUT2D eigenvalue weighted by Gasteiger charge is -2.31. The van der Waals surface area contributed by atoms with Gasteiger partial charge in [-0.05, 0) is 25.1 Å². The van der Waals surface area contributed by atoms with E-state index in [4.69, 9.17) is 16.9 Å². The van der Waals surface area contributed by atoms with E-state index in [0.29, 0.717) is 28.9 Å². The topological polar surface area (TPSA) is 68.2 Å². The van der Waals surface area contributed by atoms with E-state index < -0.39 is 0 Å². The van der Waals surface area contributed by atoms with Crippen molar-refractivity contribution in [2.75, 3.05) is 31.5 Å². The van der Waals surface area contributed by atoms with E-state index in [2.05, 4.69) is 22.5 Å². The highest BCUT2D eigenvalue weighted by Gasteiger charge is 2.18. The van der Waals surface area contributed by atoms with E-state index in [9.17, 15) is 4.79 Å². The lowest BCUT2D eigenvalue weighted by atomic mass is 10.2. The molecule has 1 saturated heterocycles. The number of halogens is 1. The monoisotopic (exact) mass is 292 g/mol. The van der Waals surface area contributed by atoms with Crippen LogP contribution in [0.5, 0.6) is 0 Å². The van der Waals surface area contributed by atoms with E-state index in [1.54, 1.807) is 18.2 Å². The minimum Gasteiger partial charge on any atom is -0.325 e. The molecule has 0 radical (unpaired) electrons. The molecule has 1 fully saturated rings. The van der Waals surface area contributed by atoms with Gasteiger partial charge in [0.05, 0.1) is 17.1 Å². The summed E-state index contributed by atoms with van der Waals surface area (Å²) in [6, 6.07) is 7.27. The van der Waals surface area contributed by atoms with Crippen LogP contribution < -0.4 is 10.6 Å². The van der Waals surface area contributed by atoms with Gasteiger partial charge in [-0.3, -0.25) is 9.69 Å². The first kappa shape index (κ1) is 14.8. The number of carbonyl (C=O) groups excluding carboxylic acids is 1. The van der Waals surface area contributed by atoms with Crippen molar-refractivity contribution in [1.82, 2.24) is 10.2 Å². The molecule has 0 bridgehead atoms. The molecule has 1 aromatic carbocycles. The summed E-state index contributed by atoms with van der Waals surface area (Å²) in [5.41, 5.74) is 1.02. The molecule has 0 aromatic heterocycles. The number of hydrogen-bond acceptors (Lipinski definition) is 4. The Bertz CT molecular complexity index is 540. The van der Waals surface area contributed by atoms with Crippen molar-refractivity contribution in [1.29, 1.82) is 5.26 Å². The molecule has 1 heterocycles. The van der Waals surface area contributed by atoms with Crippen LogP contribution in [-0.2, 0) is 4.79 Å². The zero-order valence-electron chi connectivity index (χ0n) is 11.3. The van der Waals surface area contributed by atoms with E-state index in [-0.39, 0.29) is 5.91 Å². The normalized spacial score (nSPS) is 19.4. The number of nitriles is 1. The summed E-state index contributed by atoms with van der Waals surface area (Å²) in [7, 11) is 0. The molecule has 20 heavy (non-hydrogen) atoms. The molecule has 106 valence electrons. The Kier molecular flexibility index (Phi) is 4.96. The van der Waals surface area contributed by atoms with Crippen molar-refractivity contribution in [2.45, 2.75) is 13.0 Å². The Morgan fingerprint density at radius 3 is 3.10 bits per heavy atom. The Hall–Kier alpha value is -1.61. The number of hydrogen-bond donors (Lipinski definition) is 2. The number of amides is 1. The van der Waals surface area contributed by atoms with Gasteiger partial charge in [0.2, 0.25) is 5.91 Å². The quantitative estimate of drug-likeness (QED) is 0.885. The molecule has 0 aliphatic carbocycles. The van der Waals surface area contributed by atoms with Crippen molar-refractivity contribution >= 4 is 23.2 Å². The van der Waals surface area contributed by atoms with Crippen LogP contribution in [0.25, 0.3) is 0 Å². The van der Waals surface area contributed by atoms with Crippen molar-refractivity contribution in [3.8, 4) is 6.07 Å². The number of nitrogens with zero attached hydrogens (tertiary/aromatic N) is 2. The largest absolute Gasteiger partial charge is 0.325 e. The minimum absolute atomic E-state index is 0.0696. The van der Waals surface area contributed by atoms with Crippen LogP contribution in [0.1, 0.15) is 12.5 Å². The molecule has 1 amide bonds. The number of benzene rings is 1. The smallest absolute Gasteiger partial charge is 0.238 e. The van der Waals surface area contributed by atoms with Crippen LogP contribution in [0, 0.1) is 11.3 Å². The third-order valence-corrected chi connectivity index (χ3v) is 3.51. The Labute approximate surface area is 123 Å². The number of rotatable bonds is 3. The maximum atomic E-state index is 12.0. The van der Waals surface area contributed by atoms with Crippen LogP contribution in [-0.4, -0.2) is 43.0 Å². The van der Waals surface area contributed by atoms with Crippen molar-refractivity contribution < 1.29 is 4.79 Å². The van der Waals surface area contributed by atoms with Gasteiger partial charge in [-0.25, -0.2) is 0 Å². The number of carbonyl (C=O) groups is 1. The first-order valence-corrected chi connectivity index (χ1v) is 6.91. The minimum atomic E-state index is -0.0696. The van der Waals surface area contributed by atoms with Crippen molar-refractivity contribution in [3.63, 3.8) is 0 Å². The molecule has 5 nitrogen and oxygen atoms in total. The molecule has 0 spiro atoms. The fourth-order valence-electron chi connectivity index (χ4n) is 2.24. The third-order valence-electron chi connectivity index (χ3n) is 3.19. The molecule has 6 heteroatoms. The maximum Gasteiger partial charge on any atom is 0.238 e. The molecule has 1 unspecified atom stereocenters. The first-order valence-electron chi connectivity index (χ1n) is 6.53. The van der Waals surface area contributed by atoms with Gasteiger partial charge < -0.3 is 10.6 Å². The summed E-state index contributed by atoms with van der Waals surface area (Å²) >= 11 is 5.93. The Morgan fingerprint density at radius 2 is 2.45 bits per heavy atom. The highest BCUT2D eigenvalue weighted by molar-refractivity contribution is 6.32. The zero-order valence-corrected chi connectivity index (χ0v) is 12.1. The number of nitrogens with one attached hydrogen (secondary N) is 2. The molecule has 1 aromatic rings. The fourth-order valence-corrected chi connectivity index (χ4v) is 2.47. The lowest BCUT2D eigenvalue weighted by Crippen LogP contribution is -2.51. The second-order valence-electron chi connectivity index (χ2n) is 4.94. The lowest BCUT2D eigenvalue weighted by molar-refractivity contribution is -0.117. The van der Waals surface area contributed by atoms with Gasteiger partial charge in [-0.1, -0.05) is 11.6 Å². The van der Waals surface area contributed by atoms with Crippen LogP contribution in [0.2, 0.25) is 5.02 Å². The summed E-state index contributed by atoms with van der Waals surface area (Å²) in [6.07, 6.45) is 0. The van der Waals surface area contributed by atoms with Crippen molar-refractivity contribution in [2.24, 2.45) is 0 Å². The molecular formula is C14H17ClN4O. The first-order chi connectivity index (χ1) is 9.58. The Morgan fingerprint density at radius 1 is 1.65 bits per heavy atom. The van der Waals surface area contributed by atoms with Gasteiger partial charge in [-0.15, -0.1) is 0 Å². The average Bonchev–Trinajstić information content (AvgIpc) is 2.38. The second kappa shape index (κ2) is 6.71. The summed E-state index contributed by atoms with van der Waals surface area (Å²) in [6.45, 7) is 5.10. The summed E-state index contributed by atoms with van der Waals surface area (Å²) in [5.74, 6) is -0.0696. The van der Waals surface area contributed by atoms with E-state index in [0.717, 1.165) is 19.6 Å². The standard InChI is InChI=1S/C14H17ClN4O/c1-10-8-19(5-4-17-10)9-14(20)18-12-3-2-11(7-16)13(15)6-12/h2-3,6,10,17H,4-5,8-9H2,1H3,(H,18,20). The predicted octanol–water partition coefficient (Wildman–Crippen LogP) is 1.44. The molecule has 0 saturated carbocycles. The van der Waals surface area contributed by atoms with Gasteiger partial charge in [0, 0.05) is 31.4 Å². The SMILES string of the molecule is CC1CN(CC(=O)Nc2ccc(C#N)c(Cl)c2)CCN1. The van der Waals surface area contributed by atoms with E-state index >= 15 is 0 Å². The molecule has 1 aliphatic rings. The fraction of sp³-hybridized carbons (Fsp3) is 0.429. The molecule has 1 aliphatic heterocycles. The van der Waals surface area contributed by atoms with Gasteiger partial charge >= 0.3 is 0 Å². The second-order valence-corrected chi connectivity index (χ2v) is 5.35. The van der Waals surface area contributed by atoms with E-state index in [1.807, 2.05) is 6.07 Å². The highest BCUT2D eigenvalue weighted by atomic mass is 35.5. The summed E-state index contributed by atoms with van der Waals surface area (Å²) < 4.78 is 0. The van der Waals surface area contributed by atoms with Crippen LogP contribution in [0.15, 0.2) is 18.2 Å². The summed E-state index contributed by atoms with van der Waals surface area (Å²) in [5, 5.41) is 15.3. The maximum absolute atomic E-state index is 12.0. The third kappa shape index (κ3) is 3.94. The van der Waals surface area contributed by atoms with Crippen molar-refractivity contribution in [3.05, 3.63) is 28.8 Å². The molecule has 1 atom stereocenters. The van der Waals surface area contributed by atoms with Gasteiger partial charge in [0.25, 0.3) is 0 Å². The number of anilines is 1. The van der Waals surface area contributed by atoms with Gasteiger partial charge in [0.1, 0.15) is 6.07 Å². The van der Waals surface area contributed by atoms with Crippen LogP contribution in [0.3, 0.4) is 0 Å². The van der Waals surface area contributed by atoms with Crippen LogP contribution in [0.4, 0.5) is 5.69 Å². The van der Waals surface area contributed by atoms with E-state index in [1.165, 1.54) is 0 Å². The Balaban J connectivity index is 1.91. The number of piperazine rings is 1. The average molecular weight is 293 g/mol.